The molecule has 1 amide bonds. The number of rotatable bonds is 5. The molecule has 4 rings (SSSR count). The van der Waals surface area contributed by atoms with E-state index in [0.29, 0.717) is 16.5 Å². The molecule has 0 aliphatic carbocycles. The topological polar surface area (TPSA) is 130 Å². The van der Waals surface area contributed by atoms with E-state index >= 15 is 0 Å². The Morgan fingerprint density at radius 3 is 2.58 bits per heavy atom. The van der Waals surface area contributed by atoms with Gasteiger partial charge in [0.15, 0.2) is 5.16 Å². The second-order valence-corrected chi connectivity index (χ2v) is 7.65. The van der Waals surface area contributed by atoms with Gasteiger partial charge in [-0.15, -0.1) is 0 Å². The summed E-state index contributed by atoms with van der Waals surface area (Å²) < 4.78 is 1.25. The lowest BCUT2D eigenvalue weighted by molar-refractivity contribution is -0.113. The number of H-pyrrole nitrogens is 2. The van der Waals surface area contributed by atoms with Gasteiger partial charge in [0.25, 0.3) is 11.1 Å². The Kier molecular flexibility index (Phi) is 5.54. The fourth-order valence-electron chi connectivity index (χ4n) is 3.16. The number of aromatic amines is 2. The maximum absolute atomic E-state index is 12.6. The van der Waals surface area contributed by atoms with Crippen LogP contribution in [0.1, 0.15) is 5.69 Å². The summed E-state index contributed by atoms with van der Waals surface area (Å²) in [6.07, 6.45) is 0. The Morgan fingerprint density at radius 1 is 1.03 bits per heavy atom. The number of nitrogens with one attached hydrogen (secondary N) is 3. The molecule has 2 aromatic carbocycles. The Bertz CT molecular complexity index is 1470. The number of nitrogens with zero attached hydrogens (tertiary/aromatic N) is 2. The van der Waals surface area contributed by atoms with Crippen LogP contribution in [0.3, 0.4) is 0 Å². The fourth-order valence-corrected chi connectivity index (χ4v) is 3.88. The van der Waals surface area contributed by atoms with E-state index in [2.05, 4.69) is 20.3 Å². The number of hydrogen-bond donors (Lipinski definition) is 3. The van der Waals surface area contributed by atoms with E-state index < -0.39 is 17.2 Å². The monoisotopic (exact) mass is 435 g/mol. The van der Waals surface area contributed by atoms with E-state index in [0.717, 1.165) is 28.6 Å². The molecule has 0 fully saturated rings. The molecule has 0 aliphatic heterocycles. The maximum atomic E-state index is 12.6. The van der Waals surface area contributed by atoms with Gasteiger partial charge in [-0.25, -0.2) is 14.3 Å². The van der Waals surface area contributed by atoms with E-state index in [9.17, 15) is 19.2 Å². The van der Waals surface area contributed by atoms with Crippen molar-refractivity contribution in [3.63, 3.8) is 0 Å². The van der Waals surface area contributed by atoms with Gasteiger partial charge in [-0.05, 0) is 18.4 Å². The first-order chi connectivity index (χ1) is 14.9. The van der Waals surface area contributed by atoms with Gasteiger partial charge in [-0.2, -0.15) is 0 Å². The van der Waals surface area contributed by atoms with Crippen LogP contribution in [0.25, 0.3) is 16.5 Å². The minimum atomic E-state index is -0.670. The van der Waals surface area contributed by atoms with Crippen molar-refractivity contribution in [2.75, 3.05) is 11.1 Å². The number of hydrogen-bond acceptors (Lipinski definition) is 6. The summed E-state index contributed by atoms with van der Waals surface area (Å²) in [6, 6.07) is 15.4. The summed E-state index contributed by atoms with van der Waals surface area (Å²) in [6.45, 7) is 1.68. The highest BCUT2D eigenvalue weighted by molar-refractivity contribution is 7.99. The average molecular weight is 435 g/mol. The zero-order chi connectivity index (χ0) is 22.0. The molecular weight excluding hydrogens is 418 g/mol. The van der Waals surface area contributed by atoms with Gasteiger partial charge in [0, 0.05) is 23.2 Å². The van der Waals surface area contributed by atoms with E-state index in [4.69, 9.17) is 0 Å². The van der Waals surface area contributed by atoms with Crippen LogP contribution in [-0.2, 0) is 4.79 Å². The third-order valence-corrected chi connectivity index (χ3v) is 5.28. The molecule has 0 unspecified atom stereocenters. The van der Waals surface area contributed by atoms with Gasteiger partial charge in [-0.1, -0.05) is 48.2 Å². The highest BCUT2D eigenvalue weighted by atomic mass is 32.2. The van der Waals surface area contributed by atoms with Crippen LogP contribution in [0.5, 0.6) is 0 Å². The van der Waals surface area contributed by atoms with E-state index in [-0.39, 0.29) is 17.1 Å². The van der Waals surface area contributed by atoms with Crippen LogP contribution >= 0.6 is 11.8 Å². The standard InChI is InChI=1S/C21H17N5O4S/c1-12-9-17(27)24-20(22-12)31-11-19(29)23-16-10-18(28)25-21(30)26(16)15-8-4-6-13-5-2-3-7-14(13)15/h2-10H,11H2,1H3,(H,23,29)(H,22,24,27)(H,25,28,30). The van der Waals surface area contributed by atoms with E-state index in [1.54, 1.807) is 19.1 Å². The van der Waals surface area contributed by atoms with Crippen LogP contribution in [0.15, 0.2) is 74.1 Å². The first kappa shape index (κ1) is 20.4. The Balaban J connectivity index is 1.67. The number of thioether (sulfide) groups is 1. The molecule has 0 bridgehead atoms. The van der Waals surface area contributed by atoms with Crippen molar-refractivity contribution in [3.05, 3.63) is 91.5 Å². The van der Waals surface area contributed by atoms with Crippen molar-refractivity contribution < 1.29 is 4.79 Å². The Labute approximate surface area is 179 Å². The van der Waals surface area contributed by atoms with Gasteiger partial charge in [0.1, 0.15) is 5.82 Å². The predicted molar refractivity (Wildman–Crippen MR) is 119 cm³/mol. The lowest BCUT2D eigenvalue weighted by atomic mass is 10.1. The summed E-state index contributed by atoms with van der Waals surface area (Å²) >= 11 is 1.04. The molecule has 2 heterocycles. The van der Waals surface area contributed by atoms with Crippen LogP contribution in [0, 0.1) is 6.92 Å². The second-order valence-electron chi connectivity index (χ2n) is 6.69. The van der Waals surface area contributed by atoms with Gasteiger partial charge < -0.3 is 10.3 Å². The molecule has 10 heteroatoms. The summed E-state index contributed by atoms with van der Waals surface area (Å²) in [5.74, 6) is -0.502. The fraction of sp³-hybridized carbons (Fsp3) is 0.0952. The highest BCUT2D eigenvalue weighted by Gasteiger charge is 2.14. The summed E-state index contributed by atoms with van der Waals surface area (Å²) in [5, 5.41) is 4.61. The molecule has 9 nitrogen and oxygen atoms in total. The SMILES string of the molecule is Cc1cc(=O)[nH]c(SCC(=O)Nc2cc(=O)[nH]c(=O)n2-c2cccc3ccccc23)n1. The van der Waals surface area contributed by atoms with Gasteiger partial charge in [-0.3, -0.25) is 19.4 Å². The van der Waals surface area contributed by atoms with Crippen molar-refractivity contribution >= 4 is 34.3 Å². The minimum Gasteiger partial charge on any atom is -0.311 e. The second kappa shape index (κ2) is 8.44. The maximum Gasteiger partial charge on any atom is 0.334 e. The molecule has 0 atom stereocenters. The third-order valence-electron chi connectivity index (χ3n) is 4.40. The number of carbonyl (C=O) groups is 1. The van der Waals surface area contributed by atoms with Crippen molar-refractivity contribution in [3.8, 4) is 5.69 Å². The highest BCUT2D eigenvalue weighted by Crippen LogP contribution is 2.23. The van der Waals surface area contributed by atoms with Crippen LogP contribution in [0.2, 0.25) is 0 Å². The quantitative estimate of drug-likeness (QED) is 0.324. The minimum absolute atomic E-state index is 0.0430. The lowest BCUT2D eigenvalue weighted by Gasteiger charge is -2.15. The number of fused-ring (bicyclic) bond motifs is 1. The van der Waals surface area contributed by atoms with Crippen molar-refractivity contribution in [2.24, 2.45) is 0 Å². The van der Waals surface area contributed by atoms with Crippen molar-refractivity contribution in [1.29, 1.82) is 0 Å². The van der Waals surface area contributed by atoms with Crippen LogP contribution in [0.4, 0.5) is 5.82 Å². The number of anilines is 1. The molecule has 0 radical (unpaired) electrons. The third kappa shape index (κ3) is 4.48. The van der Waals surface area contributed by atoms with Gasteiger partial charge in [0.05, 0.1) is 11.4 Å². The first-order valence-corrected chi connectivity index (χ1v) is 10.2. The molecule has 4 aromatic rings. The molecule has 0 aliphatic rings. The number of carbonyl (C=O) groups excluding carboxylic acids is 1. The molecule has 0 saturated carbocycles. The average Bonchev–Trinajstić information content (AvgIpc) is 2.71. The summed E-state index contributed by atoms with van der Waals surface area (Å²) in [7, 11) is 0. The zero-order valence-electron chi connectivity index (χ0n) is 16.3. The summed E-state index contributed by atoms with van der Waals surface area (Å²) in [5.41, 5.74) is -0.557. The largest absolute Gasteiger partial charge is 0.334 e. The van der Waals surface area contributed by atoms with E-state index in [1.807, 2.05) is 30.3 Å². The Morgan fingerprint density at radius 2 is 1.77 bits per heavy atom. The van der Waals surface area contributed by atoms with Crippen LogP contribution < -0.4 is 22.1 Å². The zero-order valence-corrected chi connectivity index (χ0v) is 17.2. The molecule has 156 valence electrons. The predicted octanol–water partition coefficient (Wildman–Crippen LogP) is 1.80. The smallest absolute Gasteiger partial charge is 0.311 e. The van der Waals surface area contributed by atoms with Crippen molar-refractivity contribution in [2.45, 2.75) is 12.1 Å². The van der Waals surface area contributed by atoms with Crippen LogP contribution in [-0.4, -0.2) is 31.2 Å². The molecule has 0 spiro atoms. The molecule has 0 saturated heterocycles. The number of amides is 1. The first-order valence-electron chi connectivity index (χ1n) is 9.26. The molecule has 3 N–H and O–H groups in total. The summed E-state index contributed by atoms with van der Waals surface area (Å²) in [4.78, 5) is 57.6. The molecule has 31 heavy (non-hydrogen) atoms. The number of aryl methyl sites for hydroxylation is 1. The lowest BCUT2D eigenvalue weighted by Crippen LogP contribution is -2.32. The number of aromatic nitrogens is 4. The normalized spacial score (nSPS) is 10.9. The molecular formula is C21H17N5O4S. The Hall–Kier alpha value is -3.92. The van der Waals surface area contributed by atoms with Crippen molar-refractivity contribution in [1.82, 2.24) is 19.5 Å². The van der Waals surface area contributed by atoms with Gasteiger partial charge in [0.2, 0.25) is 5.91 Å². The number of benzene rings is 2. The molecule has 2 aromatic heterocycles. The van der Waals surface area contributed by atoms with E-state index in [1.165, 1.54) is 10.6 Å². The van der Waals surface area contributed by atoms with Gasteiger partial charge >= 0.3 is 5.69 Å².